The molecule has 8 heteroatoms. The van der Waals surface area contributed by atoms with Crippen LogP contribution in [0.5, 0.6) is 0 Å². The Balaban J connectivity index is 1.40. The van der Waals surface area contributed by atoms with Gasteiger partial charge in [0.1, 0.15) is 11.9 Å². The lowest BCUT2D eigenvalue weighted by Crippen LogP contribution is -2.38. The molecule has 1 atom stereocenters. The van der Waals surface area contributed by atoms with Crippen molar-refractivity contribution >= 4 is 0 Å². The predicted octanol–water partition coefficient (Wildman–Crippen LogP) is 0.947. The van der Waals surface area contributed by atoms with Gasteiger partial charge < -0.3 is 9.26 Å². The number of morpholine rings is 1. The molecule has 0 unspecified atom stereocenters. The summed E-state index contributed by atoms with van der Waals surface area (Å²) < 4.78 is 11.0. The highest BCUT2D eigenvalue weighted by molar-refractivity contribution is 5.02. The maximum absolute atomic E-state index is 5.75. The van der Waals surface area contributed by atoms with E-state index in [0.717, 1.165) is 30.6 Å². The minimum Gasteiger partial charge on any atom is -0.367 e. The Kier molecular flexibility index (Phi) is 3.19. The molecule has 21 heavy (non-hydrogen) atoms. The Morgan fingerprint density at radius 1 is 1.33 bits per heavy atom. The van der Waals surface area contributed by atoms with E-state index in [2.05, 4.69) is 30.2 Å². The van der Waals surface area contributed by atoms with Gasteiger partial charge in [0.05, 0.1) is 13.2 Å². The number of rotatable bonds is 4. The highest BCUT2D eigenvalue weighted by atomic mass is 16.5. The highest BCUT2D eigenvalue weighted by Gasteiger charge is 2.30. The summed E-state index contributed by atoms with van der Waals surface area (Å²) >= 11 is 0. The molecule has 2 aromatic heterocycles. The third-order valence-electron chi connectivity index (χ3n) is 3.83. The van der Waals surface area contributed by atoms with Crippen LogP contribution in [0.1, 0.15) is 48.2 Å². The Bertz CT molecular complexity index is 620. The van der Waals surface area contributed by atoms with Gasteiger partial charge in [-0.05, 0) is 19.8 Å². The first-order chi connectivity index (χ1) is 10.3. The van der Waals surface area contributed by atoms with Crippen molar-refractivity contribution < 1.29 is 9.26 Å². The third-order valence-corrected chi connectivity index (χ3v) is 3.83. The van der Waals surface area contributed by atoms with Crippen molar-refractivity contribution in [2.24, 2.45) is 0 Å². The summed E-state index contributed by atoms with van der Waals surface area (Å²) in [6, 6.07) is 0. The van der Waals surface area contributed by atoms with E-state index in [-0.39, 0.29) is 6.10 Å². The fourth-order valence-electron chi connectivity index (χ4n) is 2.53. The minimum absolute atomic E-state index is 0.0986. The summed E-state index contributed by atoms with van der Waals surface area (Å²) in [6.45, 7) is 4.82. The van der Waals surface area contributed by atoms with Gasteiger partial charge in [-0.3, -0.25) is 10.00 Å². The second-order valence-electron chi connectivity index (χ2n) is 5.70. The van der Waals surface area contributed by atoms with Crippen molar-refractivity contribution in [3.05, 3.63) is 23.4 Å². The van der Waals surface area contributed by atoms with E-state index in [4.69, 9.17) is 9.26 Å². The topological polar surface area (TPSA) is 93.0 Å². The smallest absolute Gasteiger partial charge is 0.229 e. The van der Waals surface area contributed by atoms with Crippen molar-refractivity contribution in [2.75, 3.05) is 19.7 Å². The molecule has 2 aliphatic rings. The Hall–Kier alpha value is -1.80. The Morgan fingerprint density at radius 2 is 2.24 bits per heavy atom. The zero-order valence-electron chi connectivity index (χ0n) is 11.9. The second-order valence-corrected chi connectivity index (χ2v) is 5.70. The number of nitrogens with zero attached hydrogens (tertiary/aromatic N) is 5. The molecule has 0 radical (unpaired) electrons. The van der Waals surface area contributed by atoms with Crippen LogP contribution in [-0.2, 0) is 11.3 Å². The van der Waals surface area contributed by atoms with E-state index in [1.54, 1.807) is 0 Å². The fraction of sp³-hybridized carbons (Fsp3) is 0.692. The average Bonchev–Trinajstić information content (AvgIpc) is 3.09. The summed E-state index contributed by atoms with van der Waals surface area (Å²) in [6.07, 6.45) is 2.25. The number of aryl methyl sites for hydroxylation is 1. The first-order valence-electron chi connectivity index (χ1n) is 7.33. The number of ether oxygens (including phenoxy) is 1. The molecule has 0 bridgehead atoms. The SMILES string of the molecule is Cc1nc([C@@H]2CN(Cc3noc(C4CC4)n3)CCO2)n[nH]1. The van der Waals surface area contributed by atoms with Gasteiger partial charge in [-0.1, -0.05) is 5.16 Å². The van der Waals surface area contributed by atoms with Gasteiger partial charge in [0.25, 0.3) is 0 Å². The Morgan fingerprint density at radius 3 is 3.00 bits per heavy atom. The molecule has 0 spiro atoms. The minimum atomic E-state index is -0.0986. The van der Waals surface area contributed by atoms with E-state index in [1.165, 1.54) is 12.8 Å². The van der Waals surface area contributed by atoms with Crippen LogP contribution in [0.3, 0.4) is 0 Å². The molecule has 1 saturated heterocycles. The van der Waals surface area contributed by atoms with Crippen LogP contribution in [0.2, 0.25) is 0 Å². The number of H-pyrrole nitrogens is 1. The summed E-state index contributed by atoms with van der Waals surface area (Å²) in [5.74, 6) is 3.56. The molecule has 1 aliphatic carbocycles. The molecular formula is C13H18N6O2. The van der Waals surface area contributed by atoms with Crippen molar-refractivity contribution in [1.29, 1.82) is 0 Å². The standard InChI is InChI=1S/C13H18N6O2/c1-8-14-12(17-16-8)10-6-19(4-5-20-10)7-11-15-13(21-18-11)9-2-3-9/h9-10H,2-7H2,1H3,(H,14,16,17)/t10-/m0/s1. The van der Waals surface area contributed by atoms with Gasteiger partial charge in [-0.15, -0.1) is 0 Å². The Labute approximate surface area is 121 Å². The molecule has 1 aliphatic heterocycles. The number of hydrogen-bond acceptors (Lipinski definition) is 7. The predicted molar refractivity (Wildman–Crippen MR) is 71.4 cm³/mol. The first-order valence-corrected chi connectivity index (χ1v) is 7.33. The van der Waals surface area contributed by atoms with Crippen LogP contribution in [-0.4, -0.2) is 49.9 Å². The molecule has 0 aromatic carbocycles. The monoisotopic (exact) mass is 290 g/mol. The van der Waals surface area contributed by atoms with Crippen LogP contribution in [0.15, 0.2) is 4.52 Å². The number of aromatic amines is 1. The molecule has 2 aromatic rings. The van der Waals surface area contributed by atoms with Gasteiger partial charge in [0.2, 0.25) is 5.89 Å². The van der Waals surface area contributed by atoms with Gasteiger partial charge in [-0.2, -0.15) is 10.1 Å². The summed E-state index contributed by atoms with van der Waals surface area (Å²) in [5, 5.41) is 11.1. The van der Waals surface area contributed by atoms with E-state index in [9.17, 15) is 0 Å². The lowest BCUT2D eigenvalue weighted by molar-refractivity contribution is -0.0379. The van der Waals surface area contributed by atoms with Gasteiger partial charge in [0.15, 0.2) is 11.6 Å². The summed E-state index contributed by atoms with van der Waals surface area (Å²) in [5.41, 5.74) is 0. The van der Waals surface area contributed by atoms with Gasteiger partial charge in [-0.25, -0.2) is 4.98 Å². The molecule has 2 fully saturated rings. The van der Waals surface area contributed by atoms with Gasteiger partial charge >= 0.3 is 0 Å². The molecule has 1 N–H and O–H groups in total. The zero-order valence-corrected chi connectivity index (χ0v) is 11.9. The molecule has 3 heterocycles. The van der Waals surface area contributed by atoms with Gasteiger partial charge in [0, 0.05) is 19.0 Å². The van der Waals surface area contributed by atoms with E-state index >= 15 is 0 Å². The third kappa shape index (κ3) is 2.81. The highest BCUT2D eigenvalue weighted by Crippen LogP contribution is 2.38. The molecule has 8 nitrogen and oxygen atoms in total. The summed E-state index contributed by atoms with van der Waals surface area (Å²) in [7, 11) is 0. The van der Waals surface area contributed by atoms with Crippen molar-refractivity contribution in [1.82, 2.24) is 30.2 Å². The maximum Gasteiger partial charge on any atom is 0.229 e. The summed E-state index contributed by atoms with van der Waals surface area (Å²) in [4.78, 5) is 11.1. The van der Waals surface area contributed by atoms with E-state index in [1.807, 2.05) is 6.92 Å². The van der Waals surface area contributed by atoms with E-state index < -0.39 is 0 Å². The average molecular weight is 290 g/mol. The number of nitrogens with one attached hydrogen (secondary N) is 1. The largest absolute Gasteiger partial charge is 0.367 e. The van der Waals surface area contributed by atoms with Crippen molar-refractivity contribution in [2.45, 2.75) is 38.3 Å². The molecule has 112 valence electrons. The van der Waals surface area contributed by atoms with Crippen LogP contribution in [0, 0.1) is 6.92 Å². The normalized spacial score (nSPS) is 23.6. The molecule has 4 rings (SSSR count). The number of hydrogen-bond donors (Lipinski definition) is 1. The molecule has 1 saturated carbocycles. The quantitative estimate of drug-likeness (QED) is 0.895. The second kappa shape index (κ2) is 5.19. The molecular weight excluding hydrogens is 272 g/mol. The lowest BCUT2D eigenvalue weighted by atomic mass is 10.2. The maximum atomic E-state index is 5.75. The van der Waals surface area contributed by atoms with E-state index in [0.29, 0.717) is 24.9 Å². The zero-order chi connectivity index (χ0) is 14.2. The molecule has 0 amide bonds. The van der Waals surface area contributed by atoms with Crippen molar-refractivity contribution in [3.8, 4) is 0 Å². The van der Waals surface area contributed by atoms with Crippen LogP contribution < -0.4 is 0 Å². The van der Waals surface area contributed by atoms with Crippen molar-refractivity contribution in [3.63, 3.8) is 0 Å². The number of aromatic nitrogens is 5. The van der Waals surface area contributed by atoms with Crippen LogP contribution in [0.25, 0.3) is 0 Å². The van der Waals surface area contributed by atoms with Crippen LogP contribution in [0.4, 0.5) is 0 Å². The lowest BCUT2D eigenvalue weighted by Gasteiger charge is -2.30. The van der Waals surface area contributed by atoms with Crippen LogP contribution >= 0.6 is 0 Å². The fourth-order valence-corrected chi connectivity index (χ4v) is 2.53. The first kappa shape index (κ1) is 12.9.